The Morgan fingerprint density at radius 3 is 2.34 bits per heavy atom. The number of nitrogens with two attached hydrogens (primary N) is 1. The van der Waals surface area contributed by atoms with Crippen molar-refractivity contribution >= 4 is 68.9 Å². The molecule has 2 aliphatic heterocycles. The van der Waals surface area contributed by atoms with Crippen LogP contribution < -0.4 is 14.8 Å². The van der Waals surface area contributed by atoms with Crippen molar-refractivity contribution in [3.05, 3.63) is 71.3 Å². The molecule has 0 radical (unpaired) electrons. The van der Waals surface area contributed by atoms with Crippen molar-refractivity contribution in [2.24, 2.45) is 5.73 Å². The Balaban J connectivity index is 0.00000231. The molecular weight excluding hydrogens is 589 g/mol. The molecule has 1 fully saturated rings. The molecule has 0 spiro atoms. The number of nitrogens with one attached hydrogen (secondary N) is 2. The van der Waals surface area contributed by atoms with Crippen LogP contribution in [0.3, 0.4) is 0 Å². The topological polar surface area (TPSA) is 161 Å². The first-order valence-corrected chi connectivity index (χ1v) is 14.3. The fourth-order valence-corrected chi connectivity index (χ4v) is 6.95. The van der Waals surface area contributed by atoms with Gasteiger partial charge in [-0.25, -0.2) is 8.42 Å². The highest BCUT2D eigenvalue weighted by Gasteiger charge is 2.40. The number of anilines is 1. The number of carbonyl (C=O) groups is 1. The van der Waals surface area contributed by atoms with Gasteiger partial charge in [0.05, 0.1) is 17.6 Å². The zero-order valence-electron chi connectivity index (χ0n) is 22.4. The fourth-order valence-electron chi connectivity index (χ4n) is 5.44. The van der Waals surface area contributed by atoms with E-state index in [1.54, 1.807) is 31.2 Å². The van der Waals surface area contributed by atoms with Crippen LogP contribution in [0, 0.1) is 10.8 Å². The molecule has 10 nitrogen and oxygen atoms in total. The Bertz CT molecular complexity index is 1590. The summed E-state index contributed by atoms with van der Waals surface area (Å²) in [6.45, 7) is 3.28. The zero-order valence-corrected chi connectivity index (χ0v) is 24.8. The summed E-state index contributed by atoms with van der Waals surface area (Å²) in [6, 6.07) is 15.7. The highest BCUT2D eigenvalue weighted by molar-refractivity contribution is 7.93. The molecule has 0 amide bonds. The molecule has 41 heavy (non-hydrogen) atoms. The molecule has 3 aromatic carbocycles. The number of likely N-dealkylation sites (tertiary alicyclic amines) is 1. The van der Waals surface area contributed by atoms with Crippen molar-refractivity contribution in [2.75, 3.05) is 23.1 Å². The minimum Gasteiger partial charge on any atom is -0.490 e. The van der Waals surface area contributed by atoms with E-state index >= 15 is 0 Å². The van der Waals surface area contributed by atoms with E-state index in [1.807, 2.05) is 35.2 Å². The Morgan fingerprint density at radius 1 is 1.02 bits per heavy atom. The maximum atomic E-state index is 13.3. The summed E-state index contributed by atoms with van der Waals surface area (Å²) in [5.41, 5.74) is 8.15. The minimum atomic E-state index is -4.19. The molecular formula is C28H33Cl2N5O5S. The number of rotatable bonds is 7. The molecule has 5 rings (SSSR count). The van der Waals surface area contributed by atoms with Gasteiger partial charge in [0.15, 0.2) is 5.75 Å². The highest BCUT2D eigenvalue weighted by atomic mass is 35.5. The summed E-state index contributed by atoms with van der Waals surface area (Å²) < 4.78 is 34.1. The maximum absolute atomic E-state index is 13.3. The van der Waals surface area contributed by atoms with E-state index < -0.39 is 27.8 Å². The standard InChI is InChI=1S/C28H31N5O5S.2ClH/c1-17(29)32-10-8-23(9-11-32)38-24-6-7-25-22(14-24)15-26(33(25)39(36,37)16-27(34)35)19-4-2-18-3-5-20(28(30)31)13-21(18)12-19;;/h2-7,12-14,23,26,29H,8-11,15-16H2,1H3,(H3,30,31)(H,34,35);2*1H/t26-;;/m1../s1. The molecule has 13 heteroatoms. The molecule has 5 N–H and O–H groups in total. The number of piperidine rings is 1. The van der Waals surface area contributed by atoms with Gasteiger partial charge < -0.3 is 20.5 Å². The zero-order chi connectivity index (χ0) is 27.9. The Labute approximate surface area is 251 Å². The van der Waals surface area contributed by atoms with E-state index in [0.29, 0.717) is 34.8 Å². The van der Waals surface area contributed by atoms with Crippen LogP contribution in [-0.4, -0.2) is 61.0 Å². The van der Waals surface area contributed by atoms with Crippen molar-refractivity contribution in [1.82, 2.24) is 4.90 Å². The number of nitrogens with zero attached hydrogens (tertiary/aromatic N) is 2. The fraction of sp³-hybridized carbons (Fsp3) is 0.321. The molecule has 2 heterocycles. The molecule has 220 valence electrons. The van der Waals surface area contributed by atoms with Crippen LogP contribution in [-0.2, 0) is 21.2 Å². The number of ether oxygens (including phenoxy) is 1. The SMILES string of the molecule is CC(=N)N1CCC(Oc2ccc3c(c2)C[C@H](c2ccc4ccc(C(=N)N)cc4c2)N3S(=O)(=O)CC(=O)O)CC1.Cl.Cl. The molecule has 2 aliphatic rings. The lowest BCUT2D eigenvalue weighted by atomic mass is 9.98. The van der Waals surface area contributed by atoms with E-state index in [9.17, 15) is 18.3 Å². The number of hydrogen-bond acceptors (Lipinski definition) is 6. The van der Waals surface area contributed by atoms with Gasteiger partial charge in [-0.05, 0) is 59.2 Å². The summed E-state index contributed by atoms with van der Waals surface area (Å²) in [7, 11) is -4.19. The third-order valence-electron chi connectivity index (χ3n) is 7.37. The number of aliphatic carboxylic acids is 1. The van der Waals surface area contributed by atoms with Gasteiger partial charge in [-0.1, -0.05) is 24.3 Å². The second-order valence-corrected chi connectivity index (χ2v) is 11.9. The van der Waals surface area contributed by atoms with Crippen LogP contribution in [0.2, 0.25) is 0 Å². The summed E-state index contributed by atoms with van der Waals surface area (Å²) in [5, 5.41) is 26.6. The van der Waals surface area contributed by atoms with Crippen molar-refractivity contribution in [3.8, 4) is 5.75 Å². The van der Waals surface area contributed by atoms with Gasteiger partial charge in [-0.15, -0.1) is 24.8 Å². The molecule has 0 saturated carbocycles. The van der Waals surface area contributed by atoms with Gasteiger partial charge in [-0.3, -0.25) is 19.9 Å². The van der Waals surface area contributed by atoms with E-state index in [2.05, 4.69) is 0 Å². The van der Waals surface area contributed by atoms with Crippen molar-refractivity contribution < 1.29 is 23.1 Å². The van der Waals surface area contributed by atoms with Crippen molar-refractivity contribution in [2.45, 2.75) is 38.3 Å². The lowest BCUT2D eigenvalue weighted by Crippen LogP contribution is -2.40. The summed E-state index contributed by atoms with van der Waals surface area (Å²) in [4.78, 5) is 13.5. The van der Waals surface area contributed by atoms with Crippen molar-refractivity contribution in [3.63, 3.8) is 0 Å². The summed E-state index contributed by atoms with van der Waals surface area (Å²) in [6.07, 6.45) is 1.93. The van der Waals surface area contributed by atoms with Gasteiger partial charge in [0, 0.05) is 37.9 Å². The maximum Gasteiger partial charge on any atom is 0.320 e. The first-order valence-electron chi connectivity index (χ1n) is 12.7. The van der Waals surface area contributed by atoms with Gasteiger partial charge in [0.25, 0.3) is 0 Å². The normalized spacial score (nSPS) is 16.9. The van der Waals surface area contributed by atoms with Gasteiger partial charge >= 0.3 is 5.97 Å². The van der Waals surface area contributed by atoms with Crippen LogP contribution in [0.1, 0.15) is 42.5 Å². The van der Waals surface area contributed by atoms with E-state index in [-0.39, 0.29) is 36.8 Å². The predicted molar refractivity (Wildman–Crippen MR) is 165 cm³/mol. The number of fused-ring (bicyclic) bond motifs is 2. The third kappa shape index (κ3) is 6.69. The van der Waals surface area contributed by atoms with E-state index in [0.717, 1.165) is 42.3 Å². The number of carboxylic acids is 1. The second kappa shape index (κ2) is 12.5. The molecule has 3 aromatic rings. The number of nitrogen functional groups attached to an aromatic ring is 1. The quantitative estimate of drug-likeness (QED) is 0.225. The number of amidine groups is 2. The average Bonchev–Trinajstić information content (AvgIpc) is 3.27. The van der Waals surface area contributed by atoms with Crippen LogP contribution >= 0.6 is 24.8 Å². The van der Waals surface area contributed by atoms with E-state index in [4.69, 9.17) is 21.3 Å². The smallest absolute Gasteiger partial charge is 0.320 e. The van der Waals surface area contributed by atoms with E-state index in [1.165, 1.54) is 4.31 Å². The first-order chi connectivity index (χ1) is 18.5. The van der Waals surface area contributed by atoms with Crippen LogP contribution in [0.25, 0.3) is 10.8 Å². The second-order valence-electron chi connectivity index (χ2n) is 10.1. The minimum absolute atomic E-state index is 0. The Morgan fingerprint density at radius 2 is 1.71 bits per heavy atom. The Kier molecular flexibility index (Phi) is 9.78. The molecule has 0 unspecified atom stereocenters. The lowest BCUT2D eigenvalue weighted by molar-refractivity contribution is -0.134. The number of carboxylic acid groups (broad SMARTS) is 1. The number of hydrogen-bond donors (Lipinski definition) is 4. The van der Waals surface area contributed by atoms with Crippen LogP contribution in [0.4, 0.5) is 5.69 Å². The largest absolute Gasteiger partial charge is 0.490 e. The van der Waals surface area contributed by atoms with Gasteiger partial charge in [0.2, 0.25) is 10.0 Å². The van der Waals surface area contributed by atoms with Gasteiger partial charge in [0.1, 0.15) is 17.7 Å². The lowest BCUT2D eigenvalue weighted by Gasteiger charge is -2.33. The molecule has 0 aromatic heterocycles. The highest BCUT2D eigenvalue weighted by Crippen LogP contribution is 2.44. The number of halogens is 2. The summed E-state index contributed by atoms with van der Waals surface area (Å²) in [5.74, 6) is -1.31. The first kappa shape index (κ1) is 32.0. The molecule has 1 saturated heterocycles. The van der Waals surface area contributed by atoms with Gasteiger partial charge in [-0.2, -0.15) is 0 Å². The summed E-state index contributed by atoms with van der Waals surface area (Å²) >= 11 is 0. The molecule has 0 bridgehead atoms. The Hall–Kier alpha value is -3.54. The van der Waals surface area contributed by atoms with Crippen LogP contribution in [0.15, 0.2) is 54.6 Å². The average molecular weight is 623 g/mol. The van der Waals surface area contributed by atoms with Crippen molar-refractivity contribution in [1.29, 1.82) is 10.8 Å². The predicted octanol–water partition coefficient (Wildman–Crippen LogP) is 4.33. The third-order valence-corrected chi connectivity index (χ3v) is 9.03. The monoisotopic (exact) mass is 621 g/mol. The molecule has 0 aliphatic carbocycles. The number of benzene rings is 3. The number of sulfonamides is 1. The van der Waals surface area contributed by atoms with Crippen LogP contribution in [0.5, 0.6) is 5.75 Å². The molecule has 1 atom stereocenters.